The Kier molecular flexibility index (Phi) is 6.01. The lowest BCUT2D eigenvalue weighted by Crippen LogP contribution is -2.13. The van der Waals surface area contributed by atoms with Crippen LogP contribution in [0.3, 0.4) is 0 Å². The number of pyridine rings is 1. The third-order valence-corrected chi connectivity index (χ3v) is 7.39. The number of rotatable bonds is 6. The Morgan fingerprint density at radius 3 is 2.49 bits per heavy atom. The highest BCUT2D eigenvalue weighted by Gasteiger charge is 2.24. The molecule has 0 fully saturated rings. The molecular formula is C27H23N3O4S. The van der Waals surface area contributed by atoms with Crippen LogP contribution in [0.25, 0.3) is 22.2 Å². The van der Waals surface area contributed by atoms with Gasteiger partial charge in [0.25, 0.3) is 5.91 Å². The highest BCUT2D eigenvalue weighted by atomic mass is 32.1. The number of aromatic nitrogens is 1. The lowest BCUT2D eigenvalue weighted by molar-refractivity contribution is 0.102. The van der Waals surface area contributed by atoms with Crippen molar-refractivity contribution < 1.29 is 19.0 Å². The lowest BCUT2D eigenvalue weighted by Gasteiger charge is -2.15. The molecule has 1 N–H and O–H groups in total. The van der Waals surface area contributed by atoms with Crippen molar-refractivity contribution in [3.8, 4) is 34.6 Å². The molecule has 5 rings (SSSR count). The molecule has 2 aromatic carbocycles. The van der Waals surface area contributed by atoms with E-state index < -0.39 is 0 Å². The number of ether oxygens (including phenoxy) is 3. The van der Waals surface area contributed by atoms with E-state index in [4.69, 9.17) is 19.2 Å². The van der Waals surface area contributed by atoms with Crippen molar-refractivity contribution in [1.82, 2.24) is 4.98 Å². The molecule has 0 radical (unpaired) electrons. The van der Waals surface area contributed by atoms with Gasteiger partial charge in [0.05, 0.1) is 43.7 Å². The zero-order valence-electron chi connectivity index (χ0n) is 19.6. The third kappa shape index (κ3) is 3.94. The van der Waals surface area contributed by atoms with Crippen molar-refractivity contribution in [3.05, 3.63) is 64.0 Å². The van der Waals surface area contributed by atoms with Crippen molar-refractivity contribution in [3.63, 3.8) is 0 Å². The zero-order valence-corrected chi connectivity index (χ0v) is 20.4. The minimum absolute atomic E-state index is 0.284. The molecule has 1 aliphatic carbocycles. The number of nitrogens with one attached hydrogen (secondary N) is 1. The minimum Gasteiger partial charge on any atom is -0.493 e. The molecule has 7 nitrogen and oxygen atoms in total. The number of hydrogen-bond acceptors (Lipinski definition) is 7. The second-order valence-electron chi connectivity index (χ2n) is 8.11. The SMILES string of the molecule is COc1cc(-c2cc(C(=O)Nc3sc4c(c3C#N)CCC4)c3ccccc3n2)cc(OC)c1OC. The zero-order chi connectivity index (χ0) is 24.5. The number of carbonyl (C=O) groups excluding carboxylic acids is 1. The van der Waals surface area contributed by atoms with Gasteiger partial charge in [-0.15, -0.1) is 11.3 Å². The van der Waals surface area contributed by atoms with E-state index in [1.807, 2.05) is 24.3 Å². The molecule has 0 saturated carbocycles. The summed E-state index contributed by atoms with van der Waals surface area (Å²) in [4.78, 5) is 19.5. The van der Waals surface area contributed by atoms with E-state index >= 15 is 0 Å². The predicted molar refractivity (Wildman–Crippen MR) is 136 cm³/mol. The molecule has 4 aromatic rings. The molecule has 1 aliphatic rings. The first-order valence-electron chi connectivity index (χ1n) is 11.1. The molecule has 8 heteroatoms. The van der Waals surface area contributed by atoms with Crippen molar-refractivity contribution in [1.29, 1.82) is 5.26 Å². The van der Waals surface area contributed by atoms with Gasteiger partial charge in [0.1, 0.15) is 11.1 Å². The van der Waals surface area contributed by atoms with Crippen LogP contribution in [0, 0.1) is 11.3 Å². The Hall–Kier alpha value is -4.09. The van der Waals surface area contributed by atoms with Crippen LogP contribution in [0.5, 0.6) is 17.2 Å². The van der Waals surface area contributed by atoms with E-state index in [2.05, 4.69) is 11.4 Å². The van der Waals surface area contributed by atoms with E-state index in [-0.39, 0.29) is 5.91 Å². The number of aryl methyl sites for hydroxylation is 1. The fraction of sp³-hybridized carbons (Fsp3) is 0.222. The van der Waals surface area contributed by atoms with Crippen LogP contribution >= 0.6 is 11.3 Å². The Morgan fingerprint density at radius 1 is 1.06 bits per heavy atom. The van der Waals surface area contributed by atoms with Crippen molar-refractivity contribution >= 4 is 33.1 Å². The highest BCUT2D eigenvalue weighted by Crippen LogP contribution is 2.42. The number of fused-ring (bicyclic) bond motifs is 2. The van der Waals surface area contributed by atoms with Gasteiger partial charge in [0.15, 0.2) is 11.5 Å². The summed E-state index contributed by atoms with van der Waals surface area (Å²) in [6, 6.07) is 15.1. The normalized spacial score (nSPS) is 12.2. The maximum absolute atomic E-state index is 13.5. The first kappa shape index (κ1) is 22.7. The lowest BCUT2D eigenvalue weighted by atomic mass is 10.0. The molecule has 2 aromatic heterocycles. The van der Waals surface area contributed by atoms with Crippen LogP contribution in [0.1, 0.15) is 32.8 Å². The molecule has 0 saturated heterocycles. The number of amides is 1. The molecule has 0 atom stereocenters. The topological polar surface area (TPSA) is 93.5 Å². The van der Waals surface area contributed by atoms with Gasteiger partial charge in [-0.1, -0.05) is 18.2 Å². The molecule has 0 spiro atoms. The number of thiophene rings is 1. The number of carbonyl (C=O) groups is 1. The summed E-state index contributed by atoms with van der Waals surface area (Å²) in [5.41, 5.74) is 4.11. The smallest absolute Gasteiger partial charge is 0.257 e. The first-order chi connectivity index (χ1) is 17.1. The minimum atomic E-state index is -0.284. The average Bonchev–Trinajstić information content (AvgIpc) is 3.47. The van der Waals surface area contributed by atoms with Gasteiger partial charge in [-0.05, 0) is 49.1 Å². The number of nitriles is 1. The van der Waals surface area contributed by atoms with E-state index in [1.54, 1.807) is 39.5 Å². The molecular weight excluding hydrogens is 462 g/mol. The van der Waals surface area contributed by atoms with Crippen LogP contribution in [0.2, 0.25) is 0 Å². The third-order valence-electron chi connectivity index (χ3n) is 6.18. The summed E-state index contributed by atoms with van der Waals surface area (Å²) >= 11 is 1.50. The van der Waals surface area contributed by atoms with Crippen molar-refractivity contribution in [2.45, 2.75) is 19.3 Å². The quantitative estimate of drug-likeness (QED) is 0.382. The maximum atomic E-state index is 13.5. The first-order valence-corrected chi connectivity index (χ1v) is 12.0. The largest absolute Gasteiger partial charge is 0.493 e. The summed E-state index contributed by atoms with van der Waals surface area (Å²) in [7, 11) is 4.66. The maximum Gasteiger partial charge on any atom is 0.257 e. The Morgan fingerprint density at radius 2 is 1.80 bits per heavy atom. The van der Waals surface area contributed by atoms with E-state index in [9.17, 15) is 10.1 Å². The molecule has 35 heavy (non-hydrogen) atoms. The molecule has 0 bridgehead atoms. The number of hydrogen-bond donors (Lipinski definition) is 1. The molecule has 176 valence electrons. The number of anilines is 1. The van der Waals surface area contributed by atoms with Gasteiger partial charge in [0.2, 0.25) is 5.75 Å². The van der Waals surface area contributed by atoms with Gasteiger partial charge in [-0.3, -0.25) is 4.79 Å². The highest BCUT2D eigenvalue weighted by molar-refractivity contribution is 7.16. The Bertz CT molecular complexity index is 1480. The Labute approximate surface area is 206 Å². The van der Waals surface area contributed by atoms with Gasteiger partial charge in [0, 0.05) is 15.8 Å². The van der Waals surface area contributed by atoms with Crippen LogP contribution in [0.4, 0.5) is 5.00 Å². The number of nitrogens with zero attached hydrogens (tertiary/aromatic N) is 2. The number of benzene rings is 2. The number of methoxy groups -OCH3 is 3. The van der Waals surface area contributed by atoms with Crippen LogP contribution in [-0.2, 0) is 12.8 Å². The number of para-hydroxylation sites is 1. The van der Waals surface area contributed by atoms with Crippen LogP contribution in [0.15, 0.2) is 42.5 Å². The predicted octanol–water partition coefficient (Wildman–Crippen LogP) is 5.60. The summed E-state index contributed by atoms with van der Waals surface area (Å²) in [5, 5.41) is 14.1. The van der Waals surface area contributed by atoms with E-state index in [1.165, 1.54) is 16.2 Å². The monoisotopic (exact) mass is 485 g/mol. The molecule has 0 aliphatic heterocycles. The van der Waals surface area contributed by atoms with Gasteiger partial charge in [-0.25, -0.2) is 4.98 Å². The summed E-state index contributed by atoms with van der Waals surface area (Å²) in [6.07, 6.45) is 2.89. The average molecular weight is 486 g/mol. The van der Waals surface area contributed by atoms with Crippen molar-refractivity contribution in [2.75, 3.05) is 26.6 Å². The van der Waals surface area contributed by atoms with E-state index in [0.29, 0.717) is 50.2 Å². The van der Waals surface area contributed by atoms with Crippen LogP contribution in [-0.4, -0.2) is 32.2 Å². The standard InChI is InChI=1S/C27H23N3O4S/c1-32-22-11-15(12-23(33-2)25(22)34-3)21-13-18(16-7-4-5-9-20(16)29-21)26(31)30-27-19(14-28)17-8-6-10-24(17)35-27/h4-5,7,9,11-13H,6,8,10H2,1-3H3,(H,30,31). The Balaban J connectivity index is 1.62. The fourth-order valence-corrected chi connectivity index (χ4v) is 5.76. The van der Waals surface area contributed by atoms with Crippen molar-refractivity contribution in [2.24, 2.45) is 0 Å². The van der Waals surface area contributed by atoms with Crippen LogP contribution < -0.4 is 19.5 Å². The van der Waals surface area contributed by atoms with Gasteiger partial charge < -0.3 is 19.5 Å². The molecule has 1 amide bonds. The second kappa shape index (κ2) is 9.28. The second-order valence-corrected chi connectivity index (χ2v) is 9.22. The fourth-order valence-electron chi connectivity index (χ4n) is 4.52. The molecule has 0 unspecified atom stereocenters. The summed E-state index contributed by atoms with van der Waals surface area (Å²) < 4.78 is 16.4. The van der Waals surface area contributed by atoms with Gasteiger partial charge in [-0.2, -0.15) is 5.26 Å². The summed E-state index contributed by atoms with van der Waals surface area (Å²) in [5.74, 6) is 1.19. The summed E-state index contributed by atoms with van der Waals surface area (Å²) in [6.45, 7) is 0. The van der Waals surface area contributed by atoms with E-state index in [0.717, 1.165) is 30.2 Å². The molecule has 2 heterocycles. The van der Waals surface area contributed by atoms with Gasteiger partial charge >= 0.3 is 0 Å².